The molecule has 29 heavy (non-hydrogen) atoms. The van der Waals surface area contributed by atoms with Gasteiger partial charge >= 0.3 is 5.97 Å². The molecule has 1 aromatic heterocycles. The van der Waals surface area contributed by atoms with E-state index in [1.807, 2.05) is 13.0 Å². The quantitative estimate of drug-likeness (QED) is 0.545. The molecule has 8 heteroatoms. The van der Waals surface area contributed by atoms with Crippen LogP contribution < -0.4 is 5.32 Å². The van der Waals surface area contributed by atoms with Gasteiger partial charge in [0.1, 0.15) is 5.82 Å². The maximum atomic E-state index is 13.8. The molecule has 0 aliphatic carbocycles. The van der Waals surface area contributed by atoms with Crippen molar-refractivity contribution in [2.75, 3.05) is 11.9 Å². The fraction of sp³-hybridized carbons (Fsp3) is 0.190. The summed E-state index contributed by atoms with van der Waals surface area (Å²) in [7, 11) is 0. The van der Waals surface area contributed by atoms with Crippen LogP contribution in [0, 0.1) is 18.6 Å². The molecule has 2 aromatic carbocycles. The molecule has 0 saturated heterocycles. The third-order valence-electron chi connectivity index (χ3n) is 4.38. The zero-order valence-electron chi connectivity index (χ0n) is 15.7. The van der Waals surface area contributed by atoms with Gasteiger partial charge < -0.3 is 10.1 Å². The Morgan fingerprint density at radius 3 is 2.62 bits per heavy atom. The zero-order chi connectivity index (χ0) is 21.1. The third-order valence-corrected chi connectivity index (χ3v) is 5.01. The van der Waals surface area contributed by atoms with Gasteiger partial charge in [-0.1, -0.05) is 25.1 Å². The average molecular weight is 463 g/mol. The lowest BCUT2D eigenvalue weighted by Gasteiger charge is -2.13. The van der Waals surface area contributed by atoms with Crippen LogP contribution in [0.4, 0.5) is 14.5 Å². The number of esters is 1. The molecular weight excluding hydrogens is 446 g/mol. The summed E-state index contributed by atoms with van der Waals surface area (Å²) in [4.78, 5) is 29.4. The summed E-state index contributed by atoms with van der Waals surface area (Å²) in [6.07, 6.45) is 0.634. The molecule has 0 radical (unpaired) electrons. The van der Waals surface area contributed by atoms with Crippen LogP contribution in [0.3, 0.4) is 0 Å². The van der Waals surface area contributed by atoms with E-state index >= 15 is 0 Å². The van der Waals surface area contributed by atoms with Crippen LogP contribution in [0.2, 0.25) is 0 Å². The van der Waals surface area contributed by atoms with Crippen LogP contribution in [-0.2, 0) is 16.0 Å². The second kappa shape index (κ2) is 8.65. The normalized spacial score (nSPS) is 10.8. The number of aromatic nitrogens is 1. The van der Waals surface area contributed by atoms with Crippen LogP contribution in [0.25, 0.3) is 10.9 Å². The van der Waals surface area contributed by atoms with Crippen molar-refractivity contribution in [3.8, 4) is 0 Å². The van der Waals surface area contributed by atoms with E-state index in [1.54, 1.807) is 25.1 Å². The first-order valence-electron chi connectivity index (χ1n) is 8.81. The highest BCUT2D eigenvalue weighted by Crippen LogP contribution is 2.27. The number of fused-ring (bicyclic) bond motifs is 1. The van der Waals surface area contributed by atoms with E-state index in [9.17, 15) is 18.4 Å². The summed E-state index contributed by atoms with van der Waals surface area (Å²) in [5.74, 6) is -3.16. The predicted molar refractivity (Wildman–Crippen MR) is 109 cm³/mol. The van der Waals surface area contributed by atoms with Gasteiger partial charge in [0.15, 0.2) is 12.4 Å². The van der Waals surface area contributed by atoms with Crippen molar-refractivity contribution in [3.05, 3.63) is 69.3 Å². The fourth-order valence-electron chi connectivity index (χ4n) is 3.01. The molecule has 0 spiro atoms. The maximum Gasteiger partial charge on any atom is 0.339 e. The number of carbonyl (C=O) groups excluding carboxylic acids is 2. The molecule has 1 amide bonds. The summed E-state index contributed by atoms with van der Waals surface area (Å²) in [5, 5.41) is 2.89. The molecule has 3 aromatic rings. The molecule has 0 aliphatic rings. The number of hydrogen-bond acceptors (Lipinski definition) is 4. The standard InChI is InChI=1S/C21H17BrF2N2O3/c1-3-16-11(2)19(13-6-4-5-7-17(13)25-16)21(28)29-10-18(27)26-20-14(22)8-12(23)9-15(20)24/h4-9H,3,10H2,1-2H3,(H,26,27). The van der Waals surface area contributed by atoms with Crippen molar-refractivity contribution in [3.63, 3.8) is 0 Å². The Balaban J connectivity index is 1.80. The first-order valence-corrected chi connectivity index (χ1v) is 9.60. The molecule has 1 N–H and O–H groups in total. The van der Waals surface area contributed by atoms with E-state index in [4.69, 9.17) is 4.74 Å². The predicted octanol–water partition coefficient (Wildman–Crippen LogP) is 4.94. The van der Waals surface area contributed by atoms with Crippen LogP contribution in [-0.4, -0.2) is 23.5 Å². The highest BCUT2D eigenvalue weighted by molar-refractivity contribution is 9.10. The van der Waals surface area contributed by atoms with Crippen LogP contribution in [0.15, 0.2) is 40.9 Å². The summed E-state index contributed by atoms with van der Waals surface area (Å²) in [6, 6.07) is 8.83. The minimum absolute atomic E-state index is 0.0400. The van der Waals surface area contributed by atoms with Crippen molar-refractivity contribution >= 4 is 44.4 Å². The Hall–Kier alpha value is -2.87. The summed E-state index contributed by atoms with van der Waals surface area (Å²) in [6.45, 7) is 3.08. The van der Waals surface area contributed by atoms with Gasteiger partial charge in [-0.2, -0.15) is 0 Å². The van der Waals surface area contributed by atoms with Gasteiger partial charge in [-0.3, -0.25) is 9.78 Å². The van der Waals surface area contributed by atoms with E-state index < -0.39 is 30.1 Å². The van der Waals surface area contributed by atoms with Gasteiger partial charge in [0.25, 0.3) is 5.91 Å². The van der Waals surface area contributed by atoms with Crippen LogP contribution >= 0.6 is 15.9 Å². The number of halogens is 3. The number of nitrogens with zero attached hydrogens (tertiary/aromatic N) is 1. The zero-order valence-corrected chi connectivity index (χ0v) is 17.3. The largest absolute Gasteiger partial charge is 0.452 e. The highest BCUT2D eigenvalue weighted by atomic mass is 79.9. The van der Waals surface area contributed by atoms with Gasteiger partial charge in [-0.15, -0.1) is 0 Å². The molecular formula is C21H17BrF2N2O3. The summed E-state index contributed by atoms with van der Waals surface area (Å²) in [5.41, 5.74) is 2.21. The van der Waals surface area contributed by atoms with E-state index in [0.29, 0.717) is 34.5 Å². The second-order valence-electron chi connectivity index (χ2n) is 6.30. The van der Waals surface area contributed by atoms with Crippen molar-refractivity contribution in [1.82, 2.24) is 4.98 Å². The molecule has 150 valence electrons. The van der Waals surface area contributed by atoms with Gasteiger partial charge in [0, 0.05) is 21.6 Å². The van der Waals surface area contributed by atoms with Crippen molar-refractivity contribution in [2.24, 2.45) is 0 Å². The van der Waals surface area contributed by atoms with E-state index in [-0.39, 0.29) is 10.2 Å². The SMILES string of the molecule is CCc1nc2ccccc2c(C(=O)OCC(=O)Nc2c(F)cc(F)cc2Br)c1C. The number of pyridine rings is 1. The molecule has 1 heterocycles. The number of nitrogens with one attached hydrogen (secondary N) is 1. The number of rotatable bonds is 5. The number of carbonyl (C=O) groups is 2. The average Bonchev–Trinajstić information content (AvgIpc) is 2.68. The molecule has 3 rings (SSSR count). The van der Waals surface area contributed by atoms with E-state index in [0.717, 1.165) is 11.8 Å². The van der Waals surface area contributed by atoms with Gasteiger partial charge in [0.2, 0.25) is 0 Å². The Labute approximate surface area is 174 Å². The summed E-state index contributed by atoms with van der Waals surface area (Å²) < 4.78 is 32.2. The molecule has 0 unspecified atom stereocenters. The first-order chi connectivity index (χ1) is 13.8. The topological polar surface area (TPSA) is 68.3 Å². The summed E-state index contributed by atoms with van der Waals surface area (Å²) >= 11 is 2.99. The van der Waals surface area contributed by atoms with Crippen LogP contribution in [0.5, 0.6) is 0 Å². The number of ether oxygens (including phenoxy) is 1. The molecule has 0 aliphatic heterocycles. The molecule has 0 atom stereocenters. The minimum Gasteiger partial charge on any atom is -0.452 e. The first kappa shape index (κ1) is 20.9. The lowest BCUT2D eigenvalue weighted by molar-refractivity contribution is -0.119. The lowest BCUT2D eigenvalue weighted by atomic mass is 10.0. The fourth-order valence-corrected chi connectivity index (χ4v) is 3.51. The highest BCUT2D eigenvalue weighted by Gasteiger charge is 2.20. The molecule has 0 bridgehead atoms. The number of anilines is 1. The Morgan fingerprint density at radius 1 is 1.21 bits per heavy atom. The Morgan fingerprint density at radius 2 is 1.93 bits per heavy atom. The van der Waals surface area contributed by atoms with Gasteiger partial charge in [-0.25, -0.2) is 13.6 Å². The molecule has 0 saturated carbocycles. The van der Waals surface area contributed by atoms with E-state index in [2.05, 4.69) is 26.2 Å². The molecule has 5 nitrogen and oxygen atoms in total. The minimum atomic E-state index is -0.944. The van der Waals surface area contributed by atoms with Crippen LogP contribution in [0.1, 0.15) is 28.5 Å². The van der Waals surface area contributed by atoms with E-state index in [1.165, 1.54) is 0 Å². The van der Waals surface area contributed by atoms with Gasteiger partial charge in [0.05, 0.1) is 16.8 Å². The Kier molecular flexibility index (Phi) is 6.22. The Bertz CT molecular complexity index is 1100. The number of aryl methyl sites for hydroxylation is 1. The number of benzene rings is 2. The maximum absolute atomic E-state index is 13.8. The number of hydrogen-bond donors (Lipinski definition) is 1. The number of para-hydroxylation sites is 1. The monoisotopic (exact) mass is 462 g/mol. The number of amides is 1. The smallest absolute Gasteiger partial charge is 0.339 e. The second-order valence-corrected chi connectivity index (χ2v) is 7.15. The van der Waals surface area contributed by atoms with Gasteiger partial charge in [-0.05, 0) is 47.0 Å². The molecule has 0 fully saturated rings. The van der Waals surface area contributed by atoms with Crippen molar-refractivity contribution in [1.29, 1.82) is 0 Å². The lowest BCUT2D eigenvalue weighted by Crippen LogP contribution is -2.22. The van der Waals surface area contributed by atoms with Crippen molar-refractivity contribution in [2.45, 2.75) is 20.3 Å². The van der Waals surface area contributed by atoms with Crippen molar-refractivity contribution < 1.29 is 23.1 Å². The third kappa shape index (κ3) is 4.42.